The first kappa shape index (κ1) is 25.5. The number of amides is 1. The van der Waals surface area contributed by atoms with E-state index in [4.69, 9.17) is 5.73 Å². The molecule has 3 aromatic heterocycles. The van der Waals surface area contributed by atoms with Crippen molar-refractivity contribution in [2.24, 2.45) is 5.92 Å². The van der Waals surface area contributed by atoms with Crippen molar-refractivity contribution >= 4 is 28.4 Å². The van der Waals surface area contributed by atoms with Gasteiger partial charge in [-0.3, -0.25) is 14.2 Å². The fourth-order valence-electron chi connectivity index (χ4n) is 5.59. The van der Waals surface area contributed by atoms with Crippen LogP contribution < -0.4 is 16.6 Å². The molecule has 3 heterocycles. The predicted molar refractivity (Wildman–Crippen MR) is 158 cm³/mol. The molecule has 9 heteroatoms. The zero-order chi connectivity index (χ0) is 27.8. The van der Waals surface area contributed by atoms with E-state index in [1.807, 2.05) is 54.6 Å². The van der Waals surface area contributed by atoms with Gasteiger partial charge in [0.2, 0.25) is 0 Å². The minimum Gasteiger partial charge on any atom is -0.383 e. The second kappa shape index (κ2) is 10.4. The zero-order valence-corrected chi connectivity index (χ0v) is 22.5. The first-order valence-corrected chi connectivity index (χ1v) is 13.3. The number of rotatable bonds is 7. The summed E-state index contributed by atoms with van der Waals surface area (Å²) in [7, 11) is 4.22. The van der Waals surface area contributed by atoms with Gasteiger partial charge >= 0.3 is 0 Å². The summed E-state index contributed by atoms with van der Waals surface area (Å²) >= 11 is 0. The number of benzene rings is 2. The average Bonchev–Trinajstić information content (AvgIpc) is 3.32. The SMILES string of the molecule is CN(C)CC1CC(n2cc(-c3ccc(NC(=O)c4cccn(-c5ccccc5)c4=O)cc3)c3c(N)ncnc32)C1. The minimum absolute atomic E-state index is 0.0662. The molecule has 1 saturated carbocycles. The van der Waals surface area contributed by atoms with Gasteiger partial charge in [0.15, 0.2) is 0 Å². The molecule has 2 aromatic carbocycles. The summed E-state index contributed by atoms with van der Waals surface area (Å²) in [6, 6.07) is 20.3. The number of aromatic nitrogens is 4. The summed E-state index contributed by atoms with van der Waals surface area (Å²) in [5.74, 6) is 0.651. The number of nitrogens with zero attached hydrogens (tertiary/aromatic N) is 5. The fraction of sp³-hybridized carbons (Fsp3) is 0.226. The molecule has 1 amide bonds. The Morgan fingerprint density at radius 1 is 1.02 bits per heavy atom. The molecule has 3 N–H and O–H groups in total. The summed E-state index contributed by atoms with van der Waals surface area (Å²) < 4.78 is 3.70. The predicted octanol–water partition coefficient (Wildman–Crippen LogP) is 4.60. The molecule has 6 rings (SSSR count). The van der Waals surface area contributed by atoms with Crippen molar-refractivity contribution in [2.75, 3.05) is 31.7 Å². The van der Waals surface area contributed by atoms with Crippen molar-refractivity contribution < 1.29 is 4.79 Å². The van der Waals surface area contributed by atoms with Crippen molar-refractivity contribution in [1.29, 1.82) is 0 Å². The number of carbonyl (C=O) groups excluding carboxylic acids is 1. The number of hydrogen-bond acceptors (Lipinski definition) is 6. The number of nitrogens with two attached hydrogens (primary N) is 1. The number of hydrogen-bond donors (Lipinski definition) is 2. The van der Waals surface area contributed by atoms with Gasteiger partial charge in [-0.25, -0.2) is 9.97 Å². The van der Waals surface area contributed by atoms with E-state index >= 15 is 0 Å². The lowest BCUT2D eigenvalue weighted by Gasteiger charge is -2.38. The molecule has 0 saturated heterocycles. The van der Waals surface area contributed by atoms with Gasteiger partial charge < -0.3 is 20.5 Å². The maximum Gasteiger partial charge on any atom is 0.267 e. The molecule has 40 heavy (non-hydrogen) atoms. The van der Waals surface area contributed by atoms with Gasteiger partial charge in [-0.15, -0.1) is 0 Å². The van der Waals surface area contributed by atoms with Crippen molar-refractivity contribution in [1.82, 2.24) is 24.0 Å². The molecule has 9 nitrogen and oxygen atoms in total. The normalized spacial score (nSPS) is 16.7. The van der Waals surface area contributed by atoms with Crippen LogP contribution in [0.5, 0.6) is 0 Å². The largest absolute Gasteiger partial charge is 0.383 e. The molecule has 0 bridgehead atoms. The minimum atomic E-state index is -0.463. The third-order valence-electron chi connectivity index (χ3n) is 7.55. The number of para-hydroxylation sites is 1. The fourth-order valence-corrected chi connectivity index (χ4v) is 5.59. The number of carbonyl (C=O) groups is 1. The zero-order valence-electron chi connectivity index (χ0n) is 22.5. The van der Waals surface area contributed by atoms with Crippen molar-refractivity contribution in [2.45, 2.75) is 18.9 Å². The van der Waals surface area contributed by atoms with Crippen LogP contribution in [-0.2, 0) is 0 Å². The molecule has 0 radical (unpaired) electrons. The summed E-state index contributed by atoms with van der Waals surface area (Å²) in [5.41, 5.74) is 10.0. The summed E-state index contributed by atoms with van der Waals surface area (Å²) in [5, 5.41) is 3.69. The molecule has 0 unspecified atom stereocenters. The van der Waals surface area contributed by atoms with Gasteiger partial charge in [0.25, 0.3) is 11.5 Å². The van der Waals surface area contributed by atoms with E-state index in [1.54, 1.807) is 12.3 Å². The number of anilines is 2. The number of pyridine rings is 1. The second-order valence-corrected chi connectivity index (χ2v) is 10.6. The van der Waals surface area contributed by atoms with Gasteiger partial charge in [0.1, 0.15) is 23.4 Å². The number of fused-ring (bicyclic) bond motifs is 1. The Morgan fingerprint density at radius 2 is 1.77 bits per heavy atom. The molecule has 0 aliphatic heterocycles. The Morgan fingerprint density at radius 3 is 2.50 bits per heavy atom. The van der Waals surface area contributed by atoms with E-state index in [2.05, 4.69) is 45.0 Å². The molecule has 0 atom stereocenters. The van der Waals surface area contributed by atoms with Crippen LogP contribution in [0.15, 0.2) is 90.2 Å². The maximum atomic E-state index is 13.0. The summed E-state index contributed by atoms with van der Waals surface area (Å²) in [6.07, 6.45) is 7.49. The Labute approximate surface area is 231 Å². The highest BCUT2D eigenvalue weighted by Gasteiger charge is 2.32. The van der Waals surface area contributed by atoms with E-state index in [9.17, 15) is 9.59 Å². The van der Waals surface area contributed by atoms with Crippen LogP contribution in [0.2, 0.25) is 0 Å². The van der Waals surface area contributed by atoms with E-state index in [-0.39, 0.29) is 11.1 Å². The highest BCUT2D eigenvalue weighted by atomic mass is 16.2. The van der Waals surface area contributed by atoms with Crippen LogP contribution >= 0.6 is 0 Å². The Bertz CT molecular complexity index is 1730. The van der Waals surface area contributed by atoms with Gasteiger partial charge in [-0.2, -0.15) is 0 Å². The van der Waals surface area contributed by atoms with Gasteiger partial charge in [0.05, 0.1) is 5.39 Å². The first-order chi connectivity index (χ1) is 19.4. The van der Waals surface area contributed by atoms with Gasteiger partial charge in [-0.05, 0) is 74.8 Å². The average molecular weight is 534 g/mol. The number of nitrogen functional groups attached to an aromatic ring is 1. The van der Waals surface area contributed by atoms with E-state index in [0.717, 1.165) is 41.5 Å². The lowest BCUT2D eigenvalue weighted by Crippen LogP contribution is -2.33. The second-order valence-electron chi connectivity index (χ2n) is 10.6. The molecule has 202 valence electrons. The standard InChI is InChI=1S/C31H31N7O2/c1-36(2)17-20-15-24(16-20)38-18-26(27-28(32)33-19-34-29(27)38)21-10-12-22(13-11-21)35-30(39)25-9-6-14-37(31(25)40)23-7-4-3-5-8-23/h3-14,18-20,24H,15-17H2,1-2H3,(H,35,39)(H2,32,33,34). The quantitative estimate of drug-likeness (QED) is 0.316. The highest BCUT2D eigenvalue weighted by Crippen LogP contribution is 2.43. The maximum absolute atomic E-state index is 13.0. The summed E-state index contributed by atoms with van der Waals surface area (Å²) in [6.45, 7) is 1.08. The molecular weight excluding hydrogens is 502 g/mol. The third kappa shape index (κ3) is 4.76. The van der Waals surface area contributed by atoms with Crippen LogP contribution in [0.25, 0.3) is 27.8 Å². The van der Waals surface area contributed by atoms with Crippen LogP contribution in [-0.4, -0.2) is 50.5 Å². The Hall–Kier alpha value is -4.76. The van der Waals surface area contributed by atoms with Gasteiger partial charge in [0, 0.05) is 41.9 Å². The Balaban J connectivity index is 1.25. The first-order valence-electron chi connectivity index (χ1n) is 13.3. The molecular formula is C31H31N7O2. The molecule has 1 aliphatic carbocycles. The third-order valence-corrected chi connectivity index (χ3v) is 7.55. The van der Waals surface area contributed by atoms with Crippen LogP contribution in [0.1, 0.15) is 29.2 Å². The number of nitrogens with one attached hydrogen (secondary N) is 1. The lowest BCUT2D eigenvalue weighted by molar-refractivity contribution is 0.102. The van der Waals surface area contributed by atoms with E-state index in [1.165, 1.54) is 17.0 Å². The van der Waals surface area contributed by atoms with E-state index in [0.29, 0.717) is 29.2 Å². The summed E-state index contributed by atoms with van der Waals surface area (Å²) in [4.78, 5) is 37.1. The van der Waals surface area contributed by atoms with Gasteiger partial charge in [-0.1, -0.05) is 30.3 Å². The highest BCUT2D eigenvalue weighted by molar-refractivity contribution is 6.04. The van der Waals surface area contributed by atoms with Crippen molar-refractivity contribution in [3.63, 3.8) is 0 Å². The molecule has 1 aliphatic rings. The topological polar surface area (TPSA) is 111 Å². The lowest BCUT2D eigenvalue weighted by atomic mass is 9.80. The molecule has 0 spiro atoms. The molecule has 5 aromatic rings. The smallest absolute Gasteiger partial charge is 0.267 e. The molecule has 1 fully saturated rings. The van der Waals surface area contributed by atoms with E-state index < -0.39 is 5.91 Å². The monoisotopic (exact) mass is 533 g/mol. The van der Waals surface area contributed by atoms with Crippen LogP contribution in [0, 0.1) is 5.92 Å². The van der Waals surface area contributed by atoms with Crippen molar-refractivity contribution in [3.8, 4) is 16.8 Å². The van der Waals surface area contributed by atoms with Crippen molar-refractivity contribution in [3.05, 3.63) is 101 Å². The van der Waals surface area contributed by atoms with Crippen LogP contribution in [0.4, 0.5) is 11.5 Å². The Kier molecular flexibility index (Phi) is 6.65. The van der Waals surface area contributed by atoms with Crippen LogP contribution in [0.3, 0.4) is 0 Å².